The van der Waals surface area contributed by atoms with Crippen LogP contribution in [0.25, 0.3) is 0 Å². The Morgan fingerprint density at radius 2 is 2.05 bits per heavy atom. The van der Waals surface area contributed by atoms with Gasteiger partial charge in [-0.15, -0.1) is 0 Å². The van der Waals surface area contributed by atoms with Crippen molar-refractivity contribution in [3.8, 4) is 5.75 Å². The lowest BCUT2D eigenvalue weighted by Crippen LogP contribution is -2.27. The minimum atomic E-state index is -0.533. The molecule has 5 heteroatoms. The molecule has 0 heterocycles. The summed E-state index contributed by atoms with van der Waals surface area (Å²) in [6, 6.07) is 5.85. The molecule has 0 radical (unpaired) electrons. The third kappa shape index (κ3) is 6.49. The lowest BCUT2D eigenvalue weighted by atomic mass is 10.1. The van der Waals surface area contributed by atoms with Crippen LogP contribution in [0.4, 0.5) is 10.5 Å². The standard InChI is InChI=1S/C16H26N2O3/c1-11(17)6-7-12-8-9-13(14(10-12)20-5)18-15(19)21-16(2,3)4/h8-11H,6-7,17H2,1-5H3,(H,18,19)/t11-/m1/s1. The Balaban J connectivity index is 2.77. The van der Waals surface area contributed by atoms with Crippen molar-refractivity contribution < 1.29 is 14.3 Å². The van der Waals surface area contributed by atoms with Crippen LogP contribution < -0.4 is 15.8 Å². The Morgan fingerprint density at radius 1 is 1.38 bits per heavy atom. The summed E-state index contributed by atoms with van der Waals surface area (Å²) >= 11 is 0. The normalized spacial score (nSPS) is 12.7. The molecule has 3 N–H and O–H groups in total. The minimum absolute atomic E-state index is 0.163. The van der Waals surface area contributed by atoms with Gasteiger partial charge in [0.15, 0.2) is 0 Å². The van der Waals surface area contributed by atoms with Gasteiger partial charge in [0.1, 0.15) is 11.4 Å². The Bertz CT molecular complexity index is 479. The fourth-order valence-electron chi connectivity index (χ4n) is 1.80. The molecule has 0 aliphatic carbocycles. The molecular formula is C16H26N2O3. The summed E-state index contributed by atoms with van der Waals surface area (Å²) in [6.45, 7) is 7.44. The first kappa shape index (κ1) is 17.3. The SMILES string of the molecule is COc1cc(CC[C@@H](C)N)ccc1NC(=O)OC(C)(C)C. The van der Waals surface area contributed by atoms with Gasteiger partial charge in [-0.2, -0.15) is 0 Å². The maximum atomic E-state index is 11.8. The van der Waals surface area contributed by atoms with Crippen LogP contribution in [0.2, 0.25) is 0 Å². The van der Waals surface area contributed by atoms with Crippen molar-refractivity contribution in [3.05, 3.63) is 23.8 Å². The van der Waals surface area contributed by atoms with Crippen LogP contribution in [0.1, 0.15) is 39.7 Å². The van der Waals surface area contributed by atoms with E-state index in [1.807, 2.05) is 45.9 Å². The van der Waals surface area contributed by atoms with E-state index in [9.17, 15) is 4.79 Å². The summed E-state index contributed by atoms with van der Waals surface area (Å²) in [5.41, 5.74) is 6.95. The molecule has 1 rings (SSSR count). The number of benzene rings is 1. The predicted octanol–water partition coefficient (Wildman–Crippen LogP) is 3.32. The molecule has 1 aromatic carbocycles. The lowest BCUT2D eigenvalue weighted by molar-refractivity contribution is 0.0635. The summed E-state index contributed by atoms with van der Waals surface area (Å²) in [4.78, 5) is 11.8. The van der Waals surface area contributed by atoms with Crippen LogP contribution in [-0.4, -0.2) is 24.8 Å². The zero-order chi connectivity index (χ0) is 16.0. The highest BCUT2D eigenvalue weighted by Crippen LogP contribution is 2.26. The minimum Gasteiger partial charge on any atom is -0.495 e. The van der Waals surface area contributed by atoms with Crippen LogP contribution >= 0.6 is 0 Å². The van der Waals surface area contributed by atoms with E-state index in [2.05, 4.69) is 5.32 Å². The molecule has 0 bridgehead atoms. The molecular weight excluding hydrogens is 268 g/mol. The summed E-state index contributed by atoms with van der Waals surface area (Å²) in [5, 5.41) is 2.70. The van der Waals surface area contributed by atoms with E-state index < -0.39 is 11.7 Å². The Hall–Kier alpha value is -1.75. The number of methoxy groups -OCH3 is 1. The van der Waals surface area contributed by atoms with E-state index in [0.717, 1.165) is 18.4 Å². The van der Waals surface area contributed by atoms with Gasteiger partial charge in [0.25, 0.3) is 0 Å². The number of carbonyl (C=O) groups excluding carboxylic acids is 1. The number of nitrogens with one attached hydrogen (secondary N) is 1. The van der Waals surface area contributed by atoms with Crippen molar-refractivity contribution in [3.63, 3.8) is 0 Å². The molecule has 0 saturated heterocycles. The van der Waals surface area contributed by atoms with E-state index in [0.29, 0.717) is 11.4 Å². The maximum absolute atomic E-state index is 11.8. The number of rotatable bonds is 5. The van der Waals surface area contributed by atoms with Gasteiger partial charge in [-0.25, -0.2) is 4.79 Å². The Morgan fingerprint density at radius 3 is 2.57 bits per heavy atom. The third-order valence-electron chi connectivity index (χ3n) is 2.79. The first-order chi connectivity index (χ1) is 9.71. The molecule has 21 heavy (non-hydrogen) atoms. The van der Waals surface area contributed by atoms with E-state index in [1.54, 1.807) is 7.11 Å². The van der Waals surface area contributed by atoms with Crippen molar-refractivity contribution in [1.82, 2.24) is 0 Å². The van der Waals surface area contributed by atoms with Crippen molar-refractivity contribution in [2.75, 3.05) is 12.4 Å². The van der Waals surface area contributed by atoms with Gasteiger partial charge in [-0.1, -0.05) is 6.07 Å². The summed E-state index contributed by atoms with van der Waals surface area (Å²) < 4.78 is 10.6. The van der Waals surface area contributed by atoms with E-state index in [-0.39, 0.29) is 6.04 Å². The number of amides is 1. The number of nitrogens with two attached hydrogens (primary N) is 1. The highest BCUT2D eigenvalue weighted by Gasteiger charge is 2.17. The molecule has 0 aromatic heterocycles. The van der Waals surface area contributed by atoms with Gasteiger partial charge in [-0.05, 0) is 58.2 Å². The molecule has 0 unspecified atom stereocenters. The largest absolute Gasteiger partial charge is 0.495 e. The van der Waals surface area contributed by atoms with Crippen molar-refractivity contribution in [2.24, 2.45) is 5.73 Å². The molecule has 0 aliphatic heterocycles. The van der Waals surface area contributed by atoms with Crippen LogP contribution in [0.5, 0.6) is 5.75 Å². The summed E-state index contributed by atoms with van der Waals surface area (Å²) in [6.07, 6.45) is 1.28. The lowest BCUT2D eigenvalue weighted by Gasteiger charge is -2.20. The fraction of sp³-hybridized carbons (Fsp3) is 0.562. The van der Waals surface area contributed by atoms with Gasteiger partial charge < -0.3 is 15.2 Å². The highest BCUT2D eigenvalue weighted by atomic mass is 16.6. The van der Waals surface area contributed by atoms with Crippen LogP contribution in [0, 0.1) is 0 Å². The maximum Gasteiger partial charge on any atom is 0.412 e. The zero-order valence-electron chi connectivity index (χ0n) is 13.5. The first-order valence-corrected chi connectivity index (χ1v) is 7.14. The van der Waals surface area contributed by atoms with E-state index in [4.69, 9.17) is 15.2 Å². The molecule has 1 amide bonds. The number of ether oxygens (including phenoxy) is 2. The van der Waals surface area contributed by atoms with Crippen molar-refractivity contribution in [2.45, 2.75) is 52.2 Å². The number of anilines is 1. The van der Waals surface area contributed by atoms with Gasteiger partial charge in [0.05, 0.1) is 12.8 Å². The van der Waals surface area contributed by atoms with Crippen molar-refractivity contribution in [1.29, 1.82) is 0 Å². The second kappa shape index (κ2) is 7.31. The number of hydrogen-bond donors (Lipinski definition) is 2. The molecule has 1 atom stereocenters. The second-order valence-corrected chi connectivity index (χ2v) is 6.18. The van der Waals surface area contributed by atoms with E-state index in [1.165, 1.54) is 0 Å². The summed E-state index contributed by atoms with van der Waals surface area (Å²) in [5.74, 6) is 0.614. The number of aryl methyl sites for hydroxylation is 1. The van der Waals surface area contributed by atoms with Gasteiger partial charge in [0, 0.05) is 6.04 Å². The highest BCUT2D eigenvalue weighted by molar-refractivity contribution is 5.87. The van der Waals surface area contributed by atoms with Gasteiger partial charge in [-0.3, -0.25) is 5.32 Å². The fourth-order valence-corrected chi connectivity index (χ4v) is 1.80. The quantitative estimate of drug-likeness (QED) is 0.873. The molecule has 1 aromatic rings. The van der Waals surface area contributed by atoms with Gasteiger partial charge in [0.2, 0.25) is 0 Å². The van der Waals surface area contributed by atoms with Crippen molar-refractivity contribution >= 4 is 11.8 Å². The summed E-state index contributed by atoms with van der Waals surface area (Å²) in [7, 11) is 1.57. The predicted molar refractivity (Wildman–Crippen MR) is 84.8 cm³/mol. The van der Waals surface area contributed by atoms with Crippen LogP contribution in [0.3, 0.4) is 0 Å². The van der Waals surface area contributed by atoms with Crippen LogP contribution in [0.15, 0.2) is 18.2 Å². The molecule has 0 aliphatic rings. The van der Waals surface area contributed by atoms with Crippen LogP contribution in [-0.2, 0) is 11.2 Å². The first-order valence-electron chi connectivity index (χ1n) is 7.14. The molecule has 5 nitrogen and oxygen atoms in total. The molecule has 118 valence electrons. The second-order valence-electron chi connectivity index (χ2n) is 6.18. The third-order valence-corrected chi connectivity index (χ3v) is 2.79. The monoisotopic (exact) mass is 294 g/mol. The van der Waals surface area contributed by atoms with Gasteiger partial charge >= 0.3 is 6.09 Å². The number of carbonyl (C=O) groups is 1. The average Bonchev–Trinajstić information content (AvgIpc) is 2.35. The Labute approximate surface area is 126 Å². The topological polar surface area (TPSA) is 73.6 Å². The molecule has 0 fully saturated rings. The molecule has 0 spiro atoms. The smallest absolute Gasteiger partial charge is 0.412 e. The average molecular weight is 294 g/mol. The number of hydrogen-bond acceptors (Lipinski definition) is 4. The Kier molecular flexibility index (Phi) is 6.03. The molecule has 0 saturated carbocycles. The zero-order valence-corrected chi connectivity index (χ0v) is 13.5. The van der Waals surface area contributed by atoms with E-state index >= 15 is 0 Å².